The summed E-state index contributed by atoms with van der Waals surface area (Å²) < 4.78 is 2.37. The van der Waals surface area contributed by atoms with Crippen LogP contribution in [0, 0.1) is 6.92 Å². The lowest BCUT2D eigenvalue weighted by Crippen LogP contribution is -1.98. The van der Waals surface area contributed by atoms with Crippen LogP contribution in [0.2, 0.25) is 0 Å². The first-order valence-electron chi connectivity index (χ1n) is 6.92. The summed E-state index contributed by atoms with van der Waals surface area (Å²) in [7, 11) is 0. The molecule has 0 spiro atoms. The van der Waals surface area contributed by atoms with Crippen LogP contribution in [0.4, 0.5) is 0 Å². The van der Waals surface area contributed by atoms with Crippen LogP contribution in [-0.2, 0) is 13.0 Å². The molecule has 3 rings (SSSR count). The lowest BCUT2D eigenvalue weighted by molar-refractivity contribution is 0.662. The number of hydrogen-bond donors (Lipinski definition) is 0. The van der Waals surface area contributed by atoms with Gasteiger partial charge in [-0.25, -0.2) is 0 Å². The van der Waals surface area contributed by atoms with Crippen molar-refractivity contribution in [3.8, 4) is 0 Å². The first kappa shape index (κ1) is 12.0. The molecule has 0 radical (unpaired) electrons. The highest BCUT2D eigenvalue weighted by molar-refractivity contribution is 5.80. The molecule has 0 N–H and O–H groups in total. The van der Waals surface area contributed by atoms with E-state index in [9.17, 15) is 0 Å². The topological polar surface area (TPSA) is 4.93 Å². The molecule has 0 amide bonds. The van der Waals surface area contributed by atoms with E-state index < -0.39 is 0 Å². The molecule has 1 nitrogen and oxygen atoms in total. The molecule has 1 heteroatoms. The van der Waals surface area contributed by atoms with E-state index in [0.29, 0.717) is 0 Å². The Morgan fingerprint density at radius 2 is 1.79 bits per heavy atom. The molecule has 0 unspecified atom stereocenters. The molecule has 0 aliphatic rings. The van der Waals surface area contributed by atoms with Crippen molar-refractivity contribution in [2.45, 2.75) is 26.3 Å². The van der Waals surface area contributed by atoms with Crippen LogP contribution in [0.15, 0.2) is 60.8 Å². The third-order valence-electron chi connectivity index (χ3n) is 3.64. The van der Waals surface area contributed by atoms with Gasteiger partial charge in [0.2, 0.25) is 0 Å². The van der Waals surface area contributed by atoms with Crippen molar-refractivity contribution in [3.63, 3.8) is 0 Å². The molecule has 1 heterocycles. The maximum atomic E-state index is 2.37. The van der Waals surface area contributed by atoms with Crippen LogP contribution in [0.25, 0.3) is 10.9 Å². The van der Waals surface area contributed by atoms with Crippen molar-refractivity contribution in [2.75, 3.05) is 0 Å². The van der Waals surface area contributed by atoms with Crippen molar-refractivity contribution in [1.82, 2.24) is 4.57 Å². The van der Waals surface area contributed by atoms with E-state index in [1.807, 2.05) is 0 Å². The lowest BCUT2D eigenvalue weighted by atomic mass is 10.1. The van der Waals surface area contributed by atoms with Crippen molar-refractivity contribution < 1.29 is 0 Å². The predicted molar refractivity (Wildman–Crippen MR) is 81.4 cm³/mol. The Morgan fingerprint density at radius 3 is 2.63 bits per heavy atom. The van der Waals surface area contributed by atoms with Gasteiger partial charge in [0.05, 0.1) is 0 Å². The standard InChI is InChI=1S/C18H19N/c1-15-9-10-17-11-13-19(18(17)14-15)12-5-8-16-6-3-2-4-7-16/h2-4,6-7,9-11,13-14H,5,8,12H2,1H3. The minimum Gasteiger partial charge on any atom is -0.347 e. The van der Waals surface area contributed by atoms with E-state index in [4.69, 9.17) is 0 Å². The maximum Gasteiger partial charge on any atom is 0.0482 e. The second kappa shape index (κ2) is 5.31. The van der Waals surface area contributed by atoms with Crippen molar-refractivity contribution in [3.05, 3.63) is 71.9 Å². The van der Waals surface area contributed by atoms with Crippen molar-refractivity contribution in [1.29, 1.82) is 0 Å². The van der Waals surface area contributed by atoms with Gasteiger partial charge in [0.15, 0.2) is 0 Å². The number of nitrogens with zero attached hydrogens (tertiary/aromatic N) is 1. The summed E-state index contributed by atoms with van der Waals surface area (Å²) in [4.78, 5) is 0. The summed E-state index contributed by atoms with van der Waals surface area (Å²) >= 11 is 0. The van der Waals surface area contributed by atoms with Gasteiger partial charge in [-0.1, -0.05) is 42.5 Å². The monoisotopic (exact) mass is 249 g/mol. The molecule has 0 aliphatic heterocycles. The zero-order valence-electron chi connectivity index (χ0n) is 11.3. The maximum absolute atomic E-state index is 2.37. The van der Waals surface area contributed by atoms with E-state index >= 15 is 0 Å². The molecule has 0 saturated carbocycles. The molecule has 0 atom stereocenters. The molecule has 0 fully saturated rings. The highest BCUT2D eigenvalue weighted by atomic mass is 14.9. The summed E-state index contributed by atoms with van der Waals surface area (Å²) in [6.45, 7) is 3.24. The Morgan fingerprint density at radius 1 is 0.947 bits per heavy atom. The molecule has 2 aromatic carbocycles. The van der Waals surface area contributed by atoms with E-state index in [0.717, 1.165) is 13.0 Å². The fraction of sp³-hybridized carbons (Fsp3) is 0.222. The zero-order chi connectivity index (χ0) is 13.1. The third-order valence-corrected chi connectivity index (χ3v) is 3.64. The third kappa shape index (κ3) is 2.70. The average molecular weight is 249 g/mol. The molecule has 3 aromatic rings. The summed E-state index contributed by atoms with van der Waals surface area (Å²) in [6.07, 6.45) is 4.53. The minimum atomic E-state index is 1.09. The highest BCUT2D eigenvalue weighted by Crippen LogP contribution is 2.18. The highest BCUT2D eigenvalue weighted by Gasteiger charge is 2.01. The van der Waals surface area contributed by atoms with Gasteiger partial charge in [-0.3, -0.25) is 0 Å². The Balaban J connectivity index is 1.70. The predicted octanol–water partition coefficient (Wildman–Crippen LogP) is 4.58. The first-order chi connectivity index (χ1) is 9.33. The van der Waals surface area contributed by atoms with Crippen molar-refractivity contribution in [2.24, 2.45) is 0 Å². The number of aromatic nitrogens is 1. The number of aryl methyl sites for hydroxylation is 3. The summed E-state index contributed by atoms with van der Waals surface area (Å²) in [6, 6.07) is 19.6. The van der Waals surface area contributed by atoms with E-state index in [-0.39, 0.29) is 0 Å². The van der Waals surface area contributed by atoms with Gasteiger partial charge in [0, 0.05) is 18.3 Å². The minimum absolute atomic E-state index is 1.09. The van der Waals surface area contributed by atoms with E-state index in [2.05, 4.69) is 72.3 Å². The summed E-state index contributed by atoms with van der Waals surface area (Å²) in [5.41, 5.74) is 4.11. The fourth-order valence-corrected chi connectivity index (χ4v) is 2.59. The van der Waals surface area contributed by atoms with Gasteiger partial charge in [-0.05, 0) is 48.4 Å². The SMILES string of the molecule is Cc1ccc2ccn(CCCc3ccccc3)c2c1. The second-order valence-electron chi connectivity index (χ2n) is 5.16. The van der Waals surface area contributed by atoms with Crippen LogP contribution < -0.4 is 0 Å². The second-order valence-corrected chi connectivity index (χ2v) is 5.16. The van der Waals surface area contributed by atoms with Gasteiger partial charge >= 0.3 is 0 Å². The van der Waals surface area contributed by atoms with E-state index in [1.54, 1.807) is 0 Å². The average Bonchev–Trinajstić information content (AvgIpc) is 2.83. The lowest BCUT2D eigenvalue weighted by Gasteiger charge is -2.06. The Labute approximate surface area is 114 Å². The molecule has 1 aromatic heterocycles. The molecule has 0 saturated heterocycles. The van der Waals surface area contributed by atoms with Crippen LogP contribution in [-0.4, -0.2) is 4.57 Å². The molecule has 0 bridgehead atoms. The van der Waals surface area contributed by atoms with Crippen molar-refractivity contribution >= 4 is 10.9 Å². The smallest absolute Gasteiger partial charge is 0.0482 e. The van der Waals surface area contributed by atoms with Crippen LogP contribution >= 0.6 is 0 Å². The number of rotatable bonds is 4. The molecule has 96 valence electrons. The first-order valence-corrected chi connectivity index (χ1v) is 6.92. The van der Waals surface area contributed by atoms with Gasteiger partial charge < -0.3 is 4.57 Å². The largest absolute Gasteiger partial charge is 0.347 e. The number of hydrogen-bond acceptors (Lipinski definition) is 0. The normalized spacial score (nSPS) is 11.0. The van der Waals surface area contributed by atoms with E-state index in [1.165, 1.54) is 28.5 Å². The van der Waals surface area contributed by atoms with Crippen LogP contribution in [0.3, 0.4) is 0 Å². The Hall–Kier alpha value is -2.02. The fourth-order valence-electron chi connectivity index (χ4n) is 2.59. The van der Waals surface area contributed by atoms with Gasteiger partial charge in [0.1, 0.15) is 0 Å². The van der Waals surface area contributed by atoms with Gasteiger partial charge in [-0.2, -0.15) is 0 Å². The summed E-state index contributed by atoms with van der Waals surface area (Å²) in [5, 5.41) is 1.34. The number of benzene rings is 2. The van der Waals surface area contributed by atoms with Crippen LogP contribution in [0.5, 0.6) is 0 Å². The quantitative estimate of drug-likeness (QED) is 0.637. The molecular weight excluding hydrogens is 230 g/mol. The van der Waals surface area contributed by atoms with Gasteiger partial charge in [-0.15, -0.1) is 0 Å². The molecule has 19 heavy (non-hydrogen) atoms. The summed E-state index contributed by atoms with van der Waals surface area (Å²) in [5.74, 6) is 0. The van der Waals surface area contributed by atoms with Gasteiger partial charge in [0.25, 0.3) is 0 Å². The zero-order valence-corrected chi connectivity index (χ0v) is 11.3. The molecular formula is C18H19N. The van der Waals surface area contributed by atoms with Crippen LogP contribution in [0.1, 0.15) is 17.5 Å². The molecule has 0 aliphatic carbocycles. The Kier molecular flexibility index (Phi) is 3.37. The Bertz CT molecular complexity index is 664. The number of fused-ring (bicyclic) bond motifs is 1.